The molecule has 2 rings (SSSR count). The molecule has 0 heterocycles. The molecule has 0 spiro atoms. The van der Waals surface area contributed by atoms with Gasteiger partial charge in [0.2, 0.25) is 0 Å². The van der Waals surface area contributed by atoms with Gasteiger partial charge in [-0.25, -0.2) is 4.39 Å². The van der Waals surface area contributed by atoms with Crippen LogP contribution in [0, 0.1) is 0 Å². The van der Waals surface area contributed by atoms with Gasteiger partial charge in [0.05, 0.1) is 30.9 Å². The number of oxime groups is 1. The van der Waals surface area contributed by atoms with Crippen molar-refractivity contribution in [2.45, 2.75) is 30.3 Å². The van der Waals surface area contributed by atoms with Crippen LogP contribution in [0.4, 0.5) is 4.39 Å². The van der Waals surface area contributed by atoms with Gasteiger partial charge in [-0.2, -0.15) is 0 Å². The molecule has 0 fully saturated rings. The molecule has 0 aliphatic carbocycles. The van der Waals surface area contributed by atoms with Gasteiger partial charge in [-0.3, -0.25) is 0 Å². The van der Waals surface area contributed by atoms with Gasteiger partial charge in [-0.05, 0) is 35.4 Å². The molecular formula is C20H21BrCl2FNO3. The van der Waals surface area contributed by atoms with Crippen LogP contribution >= 0.6 is 39.1 Å². The van der Waals surface area contributed by atoms with E-state index in [4.69, 9.17) is 32.7 Å². The summed E-state index contributed by atoms with van der Waals surface area (Å²) in [6, 6.07) is 14.5. The quantitative estimate of drug-likeness (QED) is 0.225. The SMILES string of the molecule is CON=C[C@@H](F)[C@H](OCc1ccc(Cl)cc1)[C@@H](Br)COCc1ccc(Cl)cc1. The molecule has 0 aliphatic heterocycles. The van der Waals surface area contributed by atoms with Crippen molar-refractivity contribution in [3.05, 3.63) is 69.7 Å². The van der Waals surface area contributed by atoms with E-state index in [1.165, 1.54) is 7.11 Å². The van der Waals surface area contributed by atoms with Crippen LogP contribution in [-0.4, -0.2) is 37.0 Å². The minimum atomic E-state index is -1.48. The third kappa shape index (κ3) is 8.05. The zero-order valence-corrected chi connectivity index (χ0v) is 18.3. The lowest BCUT2D eigenvalue weighted by atomic mass is 10.1. The summed E-state index contributed by atoms with van der Waals surface area (Å²) in [6.45, 7) is 0.851. The zero-order chi connectivity index (χ0) is 20.4. The fourth-order valence-electron chi connectivity index (χ4n) is 2.34. The average molecular weight is 493 g/mol. The Kier molecular flexibility index (Phi) is 10.2. The van der Waals surface area contributed by atoms with E-state index >= 15 is 0 Å². The molecular weight excluding hydrogens is 472 g/mol. The average Bonchev–Trinajstić information content (AvgIpc) is 2.69. The Morgan fingerprint density at radius 3 is 2.07 bits per heavy atom. The lowest BCUT2D eigenvalue weighted by Gasteiger charge is -2.24. The van der Waals surface area contributed by atoms with Crippen LogP contribution < -0.4 is 0 Å². The summed E-state index contributed by atoms with van der Waals surface area (Å²) >= 11 is 15.2. The largest absolute Gasteiger partial charge is 0.399 e. The molecule has 2 aromatic rings. The molecule has 0 bridgehead atoms. The summed E-state index contributed by atoms with van der Waals surface area (Å²) in [5.74, 6) is 0. The minimum Gasteiger partial charge on any atom is -0.399 e. The molecule has 0 saturated heterocycles. The number of hydrogen-bond acceptors (Lipinski definition) is 4. The van der Waals surface area contributed by atoms with Crippen molar-refractivity contribution in [1.82, 2.24) is 0 Å². The summed E-state index contributed by atoms with van der Waals surface area (Å²) in [5, 5.41) is 4.80. The number of ether oxygens (including phenoxy) is 2. The number of nitrogens with zero attached hydrogens (tertiary/aromatic N) is 1. The smallest absolute Gasteiger partial charge is 0.166 e. The Bertz CT molecular complexity index is 731. The first kappa shape index (κ1) is 23.1. The van der Waals surface area contributed by atoms with E-state index in [0.717, 1.165) is 17.3 Å². The fourth-order valence-corrected chi connectivity index (χ4v) is 3.22. The van der Waals surface area contributed by atoms with Crippen molar-refractivity contribution < 1.29 is 18.7 Å². The summed E-state index contributed by atoms with van der Waals surface area (Å²) in [7, 11) is 1.35. The Balaban J connectivity index is 1.93. The third-order valence-electron chi connectivity index (χ3n) is 3.79. The highest BCUT2D eigenvalue weighted by Crippen LogP contribution is 2.20. The van der Waals surface area contributed by atoms with Gasteiger partial charge in [0.25, 0.3) is 0 Å². The van der Waals surface area contributed by atoms with E-state index in [9.17, 15) is 4.39 Å². The van der Waals surface area contributed by atoms with E-state index in [0.29, 0.717) is 16.7 Å². The van der Waals surface area contributed by atoms with E-state index in [1.807, 2.05) is 24.3 Å². The molecule has 3 atom stereocenters. The molecule has 0 saturated carbocycles. The van der Waals surface area contributed by atoms with Gasteiger partial charge in [0.1, 0.15) is 13.2 Å². The summed E-state index contributed by atoms with van der Waals surface area (Å²) in [4.78, 5) is 4.17. The lowest BCUT2D eigenvalue weighted by Crippen LogP contribution is -2.37. The van der Waals surface area contributed by atoms with Crippen molar-refractivity contribution in [2.24, 2.45) is 5.16 Å². The van der Waals surface area contributed by atoms with Crippen molar-refractivity contribution in [3.63, 3.8) is 0 Å². The number of halogens is 4. The lowest BCUT2D eigenvalue weighted by molar-refractivity contribution is -0.0104. The maximum absolute atomic E-state index is 14.6. The monoisotopic (exact) mass is 491 g/mol. The summed E-state index contributed by atoms with van der Waals surface area (Å²) < 4.78 is 26.1. The Hall–Kier alpha value is -1.18. The Morgan fingerprint density at radius 2 is 1.54 bits per heavy atom. The molecule has 28 heavy (non-hydrogen) atoms. The predicted molar refractivity (Wildman–Crippen MR) is 114 cm³/mol. The van der Waals surface area contributed by atoms with Crippen LogP contribution in [-0.2, 0) is 27.5 Å². The van der Waals surface area contributed by atoms with Crippen LogP contribution in [0.25, 0.3) is 0 Å². The molecule has 2 aromatic carbocycles. The molecule has 0 unspecified atom stereocenters. The molecule has 0 aliphatic rings. The second-order valence-corrected chi connectivity index (χ2v) is 7.99. The molecule has 8 heteroatoms. The summed E-state index contributed by atoms with van der Waals surface area (Å²) in [6.07, 6.45) is -1.23. The first-order valence-corrected chi connectivity index (χ1v) is 10.2. The van der Waals surface area contributed by atoms with Crippen LogP contribution in [0.5, 0.6) is 0 Å². The fraction of sp³-hybridized carbons (Fsp3) is 0.350. The van der Waals surface area contributed by atoms with Crippen molar-refractivity contribution in [3.8, 4) is 0 Å². The number of rotatable bonds is 11. The van der Waals surface area contributed by atoms with E-state index in [2.05, 4.69) is 25.9 Å². The highest BCUT2D eigenvalue weighted by molar-refractivity contribution is 9.09. The second-order valence-electron chi connectivity index (χ2n) is 5.94. The van der Waals surface area contributed by atoms with Gasteiger partial charge in [0.15, 0.2) is 6.17 Å². The van der Waals surface area contributed by atoms with E-state index in [-0.39, 0.29) is 13.2 Å². The van der Waals surface area contributed by atoms with Gasteiger partial charge in [-0.15, -0.1) is 0 Å². The molecule has 0 amide bonds. The first-order valence-electron chi connectivity index (χ1n) is 8.52. The van der Waals surface area contributed by atoms with Gasteiger partial charge >= 0.3 is 0 Å². The highest BCUT2D eigenvalue weighted by atomic mass is 79.9. The highest BCUT2D eigenvalue weighted by Gasteiger charge is 2.28. The standard InChI is InChI=1S/C20H21BrCl2FNO3/c1-26-25-10-19(24)20(28-12-15-4-8-17(23)9-5-15)18(21)13-27-11-14-2-6-16(22)7-3-14/h2-10,18-20H,11-13H2,1H3/t18-,19+,20+/m0/s1. The number of benzene rings is 2. The molecule has 4 nitrogen and oxygen atoms in total. The van der Waals surface area contributed by atoms with E-state index in [1.54, 1.807) is 24.3 Å². The van der Waals surface area contributed by atoms with Crippen LogP contribution in [0.3, 0.4) is 0 Å². The van der Waals surface area contributed by atoms with Gasteiger partial charge < -0.3 is 14.3 Å². The molecule has 152 valence electrons. The van der Waals surface area contributed by atoms with Crippen molar-refractivity contribution in [2.75, 3.05) is 13.7 Å². The topological polar surface area (TPSA) is 40.0 Å². The molecule has 0 aromatic heterocycles. The van der Waals surface area contributed by atoms with Crippen molar-refractivity contribution >= 4 is 45.3 Å². The van der Waals surface area contributed by atoms with Crippen LogP contribution in [0.2, 0.25) is 10.0 Å². The molecule has 0 N–H and O–H groups in total. The number of hydrogen-bond donors (Lipinski definition) is 0. The van der Waals surface area contributed by atoms with Crippen molar-refractivity contribution in [1.29, 1.82) is 0 Å². The van der Waals surface area contributed by atoms with Gasteiger partial charge in [-0.1, -0.05) is 68.6 Å². The van der Waals surface area contributed by atoms with Crippen LogP contribution in [0.1, 0.15) is 11.1 Å². The normalized spacial score (nSPS) is 14.8. The summed E-state index contributed by atoms with van der Waals surface area (Å²) in [5.41, 5.74) is 1.85. The maximum Gasteiger partial charge on any atom is 0.166 e. The zero-order valence-electron chi connectivity index (χ0n) is 15.2. The van der Waals surface area contributed by atoms with Crippen LogP contribution in [0.15, 0.2) is 53.7 Å². The maximum atomic E-state index is 14.6. The van der Waals surface area contributed by atoms with Gasteiger partial charge in [0, 0.05) is 10.0 Å². The Morgan fingerprint density at radius 1 is 1.00 bits per heavy atom. The second kappa shape index (κ2) is 12.4. The number of alkyl halides is 2. The molecule has 0 radical (unpaired) electrons. The Labute approximate surface area is 182 Å². The first-order chi connectivity index (χ1) is 13.5. The third-order valence-corrected chi connectivity index (χ3v) is 5.08. The van der Waals surface area contributed by atoms with E-state index < -0.39 is 17.1 Å². The minimum absolute atomic E-state index is 0.225. The predicted octanol–water partition coefficient (Wildman–Crippen LogP) is 5.83.